The quantitative estimate of drug-likeness (QED) is 0.316. The molecule has 0 aromatic rings. The molecule has 0 saturated carbocycles. The van der Waals surface area contributed by atoms with Crippen molar-refractivity contribution in [2.24, 2.45) is 11.8 Å². The van der Waals surface area contributed by atoms with Crippen molar-refractivity contribution in [1.29, 1.82) is 0 Å². The van der Waals surface area contributed by atoms with Crippen LogP contribution in [0.1, 0.15) is 79.1 Å². The van der Waals surface area contributed by atoms with Crippen LogP contribution in [0.3, 0.4) is 0 Å². The average Bonchev–Trinajstić information content (AvgIpc) is 2.23. The first kappa shape index (κ1) is 15.7. The van der Waals surface area contributed by atoms with E-state index in [0.29, 0.717) is 0 Å². The van der Waals surface area contributed by atoms with E-state index in [-0.39, 0.29) is 0 Å². The van der Waals surface area contributed by atoms with Crippen molar-refractivity contribution in [2.45, 2.75) is 79.1 Å². The summed E-state index contributed by atoms with van der Waals surface area (Å²) in [5, 5.41) is 0. The third-order valence-electron chi connectivity index (χ3n) is 3.16. The summed E-state index contributed by atoms with van der Waals surface area (Å²) < 4.78 is 0. The molecule has 0 aliphatic heterocycles. The van der Waals surface area contributed by atoms with Crippen molar-refractivity contribution in [1.82, 2.24) is 0 Å². The molecule has 0 radical (unpaired) electrons. The summed E-state index contributed by atoms with van der Waals surface area (Å²) in [6.07, 6.45) is 15.7. The summed E-state index contributed by atoms with van der Waals surface area (Å²) in [4.78, 5) is 0. The highest BCUT2D eigenvalue weighted by molar-refractivity contribution is 4.83. The van der Waals surface area contributed by atoms with Gasteiger partial charge in [-0.3, -0.25) is 0 Å². The monoisotopic (exact) mass is 224 g/mol. The minimum absolute atomic E-state index is 0.862. The Labute approximate surface area is 104 Å². The summed E-state index contributed by atoms with van der Waals surface area (Å²) in [5.74, 6) is 1.74. The summed E-state index contributed by atoms with van der Waals surface area (Å²) in [7, 11) is 0. The third kappa shape index (κ3) is 11.8. The van der Waals surface area contributed by atoms with Crippen LogP contribution >= 0.6 is 0 Å². The molecule has 0 bridgehead atoms. The van der Waals surface area contributed by atoms with Gasteiger partial charge in [0.1, 0.15) is 0 Å². The lowest BCUT2D eigenvalue weighted by atomic mass is 9.99. The maximum absolute atomic E-state index is 2.40. The van der Waals surface area contributed by atoms with E-state index in [1.807, 2.05) is 0 Å². The van der Waals surface area contributed by atoms with Crippen molar-refractivity contribution in [3.05, 3.63) is 12.2 Å². The lowest BCUT2D eigenvalue weighted by Gasteiger charge is -2.07. The third-order valence-corrected chi connectivity index (χ3v) is 3.16. The molecule has 0 rings (SSSR count). The molecule has 0 heteroatoms. The van der Waals surface area contributed by atoms with Gasteiger partial charge in [0.15, 0.2) is 0 Å². The second kappa shape index (κ2) is 11.2. The topological polar surface area (TPSA) is 0 Å². The molecule has 0 aromatic carbocycles. The number of unbranched alkanes of at least 4 members (excludes halogenated alkanes) is 3. The maximum atomic E-state index is 2.40. The van der Waals surface area contributed by atoms with E-state index in [1.165, 1.54) is 51.4 Å². The number of hydrogen-bond donors (Lipinski definition) is 0. The zero-order chi connectivity index (χ0) is 12.2. The van der Waals surface area contributed by atoms with E-state index in [1.54, 1.807) is 0 Å². The number of hydrogen-bond acceptors (Lipinski definition) is 0. The lowest BCUT2D eigenvalue weighted by Crippen LogP contribution is -1.92. The van der Waals surface area contributed by atoms with Crippen molar-refractivity contribution < 1.29 is 0 Å². The van der Waals surface area contributed by atoms with Gasteiger partial charge in [0, 0.05) is 0 Å². The molecule has 16 heavy (non-hydrogen) atoms. The zero-order valence-corrected chi connectivity index (χ0v) is 12.0. The Morgan fingerprint density at radius 3 is 2.25 bits per heavy atom. The number of rotatable bonds is 10. The van der Waals surface area contributed by atoms with Crippen molar-refractivity contribution in [2.75, 3.05) is 0 Å². The molecule has 0 fully saturated rings. The van der Waals surface area contributed by atoms with E-state index in [9.17, 15) is 0 Å². The van der Waals surface area contributed by atoms with Crippen LogP contribution in [0.5, 0.6) is 0 Å². The first-order valence-corrected chi connectivity index (χ1v) is 7.31. The van der Waals surface area contributed by atoms with E-state index in [4.69, 9.17) is 0 Å². The molecule has 0 amide bonds. The van der Waals surface area contributed by atoms with Gasteiger partial charge in [-0.05, 0) is 31.1 Å². The Balaban J connectivity index is 3.30. The van der Waals surface area contributed by atoms with Crippen LogP contribution in [0.15, 0.2) is 12.2 Å². The van der Waals surface area contributed by atoms with E-state index in [0.717, 1.165) is 11.8 Å². The fourth-order valence-corrected chi connectivity index (χ4v) is 1.95. The molecular weight excluding hydrogens is 192 g/mol. The Morgan fingerprint density at radius 2 is 1.62 bits per heavy atom. The molecule has 1 unspecified atom stereocenters. The molecule has 0 nitrogen and oxygen atoms in total. The minimum atomic E-state index is 0.862. The van der Waals surface area contributed by atoms with E-state index < -0.39 is 0 Å². The SMILES string of the molecule is CCCCCC(C)CC=CCCCC(C)C. The molecule has 96 valence electrons. The molecule has 0 spiro atoms. The molecule has 1 atom stereocenters. The fraction of sp³-hybridized carbons (Fsp3) is 0.875. The Morgan fingerprint density at radius 1 is 0.875 bits per heavy atom. The average molecular weight is 224 g/mol. The normalized spacial score (nSPS) is 13.8. The molecule has 0 N–H and O–H groups in total. The molecular formula is C16H32. The van der Waals surface area contributed by atoms with E-state index >= 15 is 0 Å². The highest BCUT2D eigenvalue weighted by Crippen LogP contribution is 2.14. The fourth-order valence-electron chi connectivity index (χ4n) is 1.95. The van der Waals surface area contributed by atoms with Crippen LogP contribution in [-0.2, 0) is 0 Å². The van der Waals surface area contributed by atoms with Crippen molar-refractivity contribution in [3.8, 4) is 0 Å². The van der Waals surface area contributed by atoms with Crippen LogP contribution in [0, 0.1) is 11.8 Å². The second-order valence-electron chi connectivity index (χ2n) is 5.63. The van der Waals surface area contributed by atoms with Crippen LogP contribution in [0.2, 0.25) is 0 Å². The van der Waals surface area contributed by atoms with Gasteiger partial charge in [-0.15, -0.1) is 0 Å². The summed E-state index contributed by atoms with van der Waals surface area (Å²) >= 11 is 0. The molecule has 0 aliphatic rings. The Hall–Kier alpha value is -0.260. The van der Waals surface area contributed by atoms with Gasteiger partial charge in [-0.25, -0.2) is 0 Å². The van der Waals surface area contributed by atoms with Gasteiger partial charge in [-0.1, -0.05) is 72.0 Å². The van der Waals surface area contributed by atoms with E-state index in [2.05, 4.69) is 39.8 Å². The second-order valence-corrected chi connectivity index (χ2v) is 5.63. The van der Waals surface area contributed by atoms with Crippen LogP contribution in [0.25, 0.3) is 0 Å². The predicted octanol–water partition coefficient (Wildman–Crippen LogP) is 5.98. The van der Waals surface area contributed by atoms with Gasteiger partial charge in [0.25, 0.3) is 0 Å². The van der Waals surface area contributed by atoms with Gasteiger partial charge < -0.3 is 0 Å². The van der Waals surface area contributed by atoms with Crippen molar-refractivity contribution >= 4 is 0 Å². The zero-order valence-electron chi connectivity index (χ0n) is 12.0. The summed E-state index contributed by atoms with van der Waals surface area (Å²) in [5.41, 5.74) is 0. The van der Waals surface area contributed by atoms with Crippen LogP contribution in [-0.4, -0.2) is 0 Å². The Kier molecular flexibility index (Phi) is 11.0. The van der Waals surface area contributed by atoms with Gasteiger partial charge in [-0.2, -0.15) is 0 Å². The van der Waals surface area contributed by atoms with Crippen LogP contribution in [0.4, 0.5) is 0 Å². The molecule has 0 saturated heterocycles. The smallest absolute Gasteiger partial charge is 0.0325 e. The Bertz CT molecular complexity index is 155. The lowest BCUT2D eigenvalue weighted by molar-refractivity contribution is 0.500. The highest BCUT2D eigenvalue weighted by atomic mass is 14.0. The molecule has 0 aliphatic carbocycles. The van der Waals surface area contributed by atoms with Gasteiger partial charge in [0.05, 0.1) is 0 Å². The standard InChI is InChI=1S/C16H32/c1-5-6-9-13-16(4)14-11-8-7-10-12-15(2)3/h8,11,15-16H,5-7,9-10,12-14H2,1-4H3. The first-order chi connectivity index (χ1) is 7.66. The van der Waals surface area contributed by atoms with Crippen molar-refractivity contribution in [3.63, 3.8) is 0 Å². The van der Waals surface area contributed by atoms with Gasteiger partial charge in [0.2, 0.25) is 0 Å². The van der Waals surface area contributed by atoms with Crippen LogP contribution < -0.4 is 0 Å². The predicted molar refractivity (Wildman–Crippen MR) is 75.8 cm³/mol. The highest BCUT2D eigenvalue weighted by Gasteiger charge is 1.98. The first-order valence-electron chi connectivity index (χ1n) is 7.31. The number of allylic oxidation sites excluding steroid dienone is 2. The van der Waals surface area contributed by atoms with Gasteiger partial charge >= 0.3 is 0 Å². The minimum Gasteiger partial charge on any atom is -0.0885 e. The molecule has 0 heterocycles. The maximum Gasteiger partial charge on any atom is -0.0325 e. The summed E-state index contributed by atoms with van der Waals surface area (Å²) in [6.45, 7) is 9.27. The summed E-state index contributed by atoms with van der Waals surface area (Å²) in [6, 6.07) is 0. The largest absolute Gasteiger partial charge is 0.0885 e. The molecule has 0 aromatic heterocycles.